The van der Waals surface area contributed by atoms with Gasteiger partial charge in [0.05, 0.1) is 13.2 Å². The second kappa shape index (κ2) is 10.7. The predicted octanol–water partition coefficient (Wildman–Crippen LogP) is 1.36. The number of amides is 1. The number of carbonyl (C=O) groups is 1. The Bertz CT molecular complexity index is 790. The van der Waals surface area contributed by atoms with Crippen LogP contribution < -0.4 is 16.4 Å². The van der Waals surface area contributed by atoms with Gasteiger partial charge in [-0.15, -0.1) is 0 Å². The first-order chi connectivity index (χ1) is 14.6. The Hall–Kier alpha value is -2.91. The Labute approximate surface area is 177 Å². The van der Waals surface area contributed by atoms with Crippen molar-refractivity contribution in [1.82, 2.24) is 14.8 Å². The number of anilines is 2. The minimum atomic E-state index is -0.0418. The van der Waals surface area contributed by atoms with Crippen molar-refractivity contribution in [1.29, 1.82) is 5.41 Å². The van der Waals surface area contributed by atoms with E-state index < -0.39 is 0 Å². The maximum absolute atomic E-state index is 12.0. The first kappa shape index (κ1) is 21.8. The van der Waals surface area contributed by atoms with Gasteiger partial charge in [-0.2, -0.15) is 0 Å². The first-order valence-electron chi connectivity index (χ1n) is 10.3. The fourth-order valence-electron chi connectivity index (χ4n) is 3.74. The molecule has 0 saturated carbocycles. The highest BCUT2D eigenvalue weighted by molar-refractivity contribution is 6.00. The van der Waals surface area contributed by atoms with Gasteiger partial charge in [-0.05, 0) is 48.9 Å². The highest BCUT2D eigenvalue weighted by Crippen LogP contribution is 2.20. The molecule has 2 aliphatic heterocycles. The van der Waals surface area contributed by atoms with Gasteiger partial charge in [-0.25, -0.2) is 4.98 Å². The molecule has 2 fully saturated rings. The molecule has 0 aliphatic carbocycles. The molecular weight excluding hydrogens is 382 g/mol. The van der Waals surface area contributed by atoms with Gasteiger partial charge in [-0.1, -0.05) is 6.58 Å². The lowest BCUT2D eigenvalue weighted by atomic mass is 10.1. The summed E-state index contributed by atoms with van der Waals surface area (Å²) in [6.45, 7) is 8.99. The molecule has 0 bridgehead atoms. The highest BCUT2D eigenvalue weighted by Gasteiger charge is 2.23. The van der Waals surface area contributed by atoms with E-state index >= 15 is 0 Å². The Morgan fingerprint density at radius 3 is 2.83 bits per heavy atom. The summed E-state index contributed by atoms with van der Waals surface area (Å²) in [6.07, 6.45) is 6.05. The summed E-state index contributed by atoms with van der Waals surface area (Å²) in [5.41, 5.74) is 6.48. The number of amidine groups is 1. The first-order valence-corrected chi connectivity index (χ1v) is 10.3. The maximum Gasteiger partial charge on any atom is 0.246 e. The summed E-state index contributed by atoms with van der Waals surface area (Å²) in [5, 5.41) is 14.4. The fourth-order valence-corrected chi connectivity index (χ4v) is 3.74. The molecule has 1 amide bonds. The fraction of sp³-hybridized carbons (Fsp3) is 0.476. The molecule has 1 atom stereocenters. The molecule has 0 spiro atoms. The van der Waals surface area contributed by atoms with Gasteiger partial charge >= 0.3 is 0 Å². The molecule has 1 aromatic heterocycles. The van der Waals surface area contributed by atoms with E-state index in [0.717, 1.165) is 63.6 Å². The van der Waals surface area contributed by atoms with Crippen molar-refractivity contribution in [3.05, 3.63) is 42.6 Å². The van der Waals surface area contributed by atoms with Crippen molar-refractivity contribution in [3.63, 3.8) is 0 Å². The van der Waals surface area contributed by atoms with E-state index in [1.807, 2.05) is 17.0 Å². The summed E-state index contributed by atoms with van der Waals surface area (Å²) < 4.78 is 5.44. The summed E-state index contributed by atoms with van der Waals surface area (Å²) in [6, 6.07) is 4.11. The van der Waals surface area contributed by atoms with Gasteiger partial charge in [0.15, 0.2) is 0 Å². The molecule has 2 aliphatic rings. The van der Waals surface area contributed by atoms with E-state index in [0.29, 0.717) is 12.4 Å². The van der Waals surface area contributed by atoms with Gasteiger partial charge < -0.3 is 26.0 Å². The third-order valence-electron chi connectivity index (χ3n) is 5.18. The maximum atomic E-state index is 12.0. The summed E-state index contributed by atoms with van der Waals surface area (Å²) in [4.78, 5) is 20.8. The quantitative estimate of drug-likeness (QED) is 0.303. The van der Waals surface area contributed by atoms with Crippen molar-refractivity contribution in [2.75, 3.05) is 50.0 Å². The van der Waals surface area contributed by atoms with E-state index in [1.54, 1.807) is 0 Å². The number of pyridine rings is 1. The number of nitrogens with two attached hydrogens (primary N) is 1. The van der Waals surface area contributed by atoms with Crippen molar-refractivity contribution in [2.24, 2.45) is 5.73 Å². The zero-order chi connectivity index (χ0) is 21.3. The normalized spacial score (nSPS) is 20.1. The van der Waals surface area contributed by atoms with Crippen molar-refractivity contribution in [2.45, 2.75) is 25.4 Å². The van der Waals surface area contributed by atoms with Crippen LogP contribution in [0.4, 0.5) is 11.6 Å². The average molecular weight is 414 g/mol. The monoisotopic (exact) mass is 413 g/mol. The number of hydrogen-bond donors (Lipinski definition) is 4. The summed E-state index contributed by atoms with van der Waals surface area (Å²) >= 11 is 0. The highest BCUT2D eigenvalue weighted by atomic mass is 16.5. The predicted molar refractivity (Wildman–Crippen MR) is 118 cm³/mol. The van der Waals surface area contributed by atoms with Gasteiger partial charge in [0.2, 0.25) is 5.91 Å². The van der Waals surface area contributed by atoms with E-state index in [9.17, 15) is 4.79 Å². The number of likely N-dealkylation sites (tertiary alicyclic amines) is 1. The van der Waals surface area contributed by atoms with E-state index in [4.69, 9.17) is 15.9 Å². The van der Waals surface area contributed by atoms with Crippen molar-refractivity contribution >= 4 is 23.4 Å². The average Bonchev–Trinajstić information content (AvgIpc) is 2.74. The molecule has 0 radical (unpaired) electrons. The number of morpholine rings is 1. The summed E-state index contributed by atoms with van der Waals surface area (Å²) in [5.74, 6) is 1.44. The van der Waals surface area contributed by atoms with Crippen LogP contribution in [0.25, 0.3) is 0 Å². The zero-order valence-corrected chi connectivity index (χ0v) is 17.3. The van der Waals surface area contributed by atoms with Crippen LogP contribution in [0.5, 0.6) is 0 Å². The molecule has 3 heterocycles. The van der Waals surface area contributed by atoms with Crippen LogP contribution in [0, 0.1) is 5.41 Å². The number of nitrogens with zero attached hydrogens (tertiary/aromatic N) is 3. The molecule has 162 valence electrons. The van der Waals surface area contributed by atoms with Gasteiger partial charge in [-0.3, -0.25) is 15.1 Å². The van der Waals surface area contributed by atoms with Crippen LogP contribution in [0.3, 0.4) is 0 Å². The Morgan fingerprint density at radius 2 is 2.10 bits per heavy atom. The minimum Gasteiger partial charge on any atom is -0.404 e. The Morgan fingerprint density at radius 1 is 1.33 bits per heavy atom. The third kappa shape index (κ3) is 6.30. The van der Waals surface area contributed by atoms with Crippen LogP contribution in [0.1, 0.15) is 18.4 Å². The molecule has 9 nitrogen and oxygen atoms in total. The number of piperidine rings is 1. The van der Waals surface area contributed by atoms with E-state index in [1.165, 1.54) is 18.4 Å². The molecule has 5 N–H and O–H groups in total. The lowest BCUT2D eigenvalue weighted by Gasteiger charge is -2.33. The smallest absolute Gasteiger partial charge is 0.246 e. The summed E-state index contributed by atoms with van der Waals surface area (Å²) in [7, 11) is 0. The van der Waals surface area contributed by atoms with Crippen LogP contribution in [0.15, 0.2) is 37.1 Å². The molecule has 0 aromatic carbocycles. The topological polar surface area (TPSA) is 120 Å². The minimum absolute atomic E-state index is 0.0418. The second-order valence-corrected chi connectivity index (χ2v) is 7.50. The molecule has 2 saturated heterocycles. The SMILES string of the molecule is C=CC(=O)N1CCC[C@H](Nc2cc(CN3CCOCC3)cc(NC(=N)/C=C\N)n2)C1. The zero-order valence-electron chi connectivity index (χ0n) is 17.3. The number of aromatic nitrogens is 1. The van der Waals surface area contributed by atoms with Crippen LogP contribution >= 0.6 is 0 Å². The third-order valence-corrected chi connectivity index (χ3v) is 5.18. The standard InChI is InChI=1S/C21H31N7O2/c1-2-21(29)28-7-3-4-17(15-28)24-19-12-16(14-27-8-10-30-11-9-27)13-20(26-19)25-18(23)5-6-22/h2,5-6,12-13,17H,1,3-4,7-11,14-15,22H2,(H3,23,24,25,26)/b6-5-/t17-/m0/s1. The second-order valence-electron chi connectivity index (χ2n) is 7.50. The van der Waals surface area contributed by atoms with Crippen molar-refractivity contribution in [3.8, 4) is 0 Å². The number of ether oxygens (including phenoxy) is 1. The molecule has 30 heavy (non-hydrogen) atoms. The molecular formula is C21H31N7O2. The van der Waals surface area contributed by atoms with Gasteiger partial charge in [0, 0.05) is 38.8 Å². The van der Waals surface area contributed by atoms with Crippen LogP contribution in [-0.4, -0.2) is 72.0 Å². The number of nitrogens with one attached hydrogen (secondary N) is 3. The van der Waals surface area contributed by atoms with Gasteiger partial charge in [0.25, 0.3) is 0 Å². The Kier molecular flexibility index (Phi) is 7.81. The lowest BCUT2D eigenvalue weighted by molar-refractivity contribution is -0.127. The number of rotatable bonds is 7. The molecule has 0 unspecified atom stereocenters. The molecule has 9 heteroatoms. The number of carbonyl (C=O) groups excluding carboxylic acids is 1. The van der Waals surface area contributed by atoms with E-state index in [-0.39, 0.29) is 17.8 Å². The van der Waals surface area contributed by atoms with E-state index in [2.05, 4.69) is 27.1 Å². The number of hydrogen-bond acceptors (Lipinski definition) is 7. The lowest BCUT2D eigenvalue weighted by Crippen LogP contribution is -2.44. The largest absolute Gasteiger partial charge is 0.404 e. The Balaban J connectivity index is 1.75. The van der Waals surface area contributed by atoms with Crippen LogP contribution in [0.2, 0.25) is 0 Å². The van der Waals surface area contributed by atoms with Gasteiger partial charge in [0.1, 0.15) is 17.5 Å². The van der Waals surface area contributed by atoms with Crippen LogP contribution in [-0.2, 0) is 16.1 Å². The molecule has 1 aromatic rings. The van der Waals surface area contributed by atoms with Crippen molar-refractivity contribution < 1.29 is 9.53 Å². The molecule has 3 rings (SSSR count).